The van der Waals surface area contributed by atoms with E-state index in [-0.39, 0.29) is 11.0 Å². The van der Waals surface area contributed by atoms with Gasteiger partial charge in [0.25, 0.3) is 5.97 Å². The monoisotopic (exact) mass is 354 g/mol. The highest BCUT2D eigenvalue weighted by Crippen LogP contribution is 2.37. The lowest BCUT2D eigenvalue weighted by molar-refractivity contribution is -0.135. The van der Waals surface area contributed by atoms with Crippen LogP contribution in [0.25, 0.3) is 0 Å². The van der Waals surface area contributed by atoms with Crippen molar-refractivity contribution in [1.82, 2.24) is 0 Å². The van der Waals surface area contributed by atoms with Crippen molar-refractivity contribution in [3.63, 3.8) is 0 Å². The Balaban J connectivity index is 2.51. The molecule has 0 spiro atoms. The van der Waals surface area contributed by atoms with E-state index in [1.54, 1.807) is 0 Å². The van der Waals surface area contributed by atoms with Crippen LogP contribution in [0.2, 0.25) is 5.04 Å². The summed E-state index contributed by atoms with van der Waals surface area (Å²) in [6, 6.07) is 20.6. The molecule has 0 amide bonds. The predicted octanol–water partition coefficient (Wildman–Crippen LogP) is 4.67. The molecule has 134 valence electrons. The Labute approximate surface area is 153 Å². The molecule has 0 saturated heterocycles. The minimum absolute atomic E-state index is 0.0669. The normalized spacial score (nSPS) is 12.0. The van der Waals surface area contributed by atoms with Crippen molar-refractivity contribution >= 4 is 24.7 Å². The molecule has 0 aliphatic heterocycles. The van der Waals surface area contributed by atoms with Crippen LogP contribution < -0.4 is 10.4 Å². The van der Waals surface area contributed by atoms with Gasteiger partial charge in [0.1, 0.15) is 0 Å². The lowest BCUT2D eigenvalue weighted by atomic mass is 10.2. The van der Waals surface area contributed by atoms with Crippen molar-refractivity contribution in [3.8, 4) is 0 Å². The Kier molecular flexibility index (Phi) is 6.60. The van der Waals surface area contributed by atoms with Gasteiger partial charge in [-0.15, -0.1) is 0 Å². The first kappa shape index (κ1) is 19.5. The van der Waals surface area contributed by atoms with E-state index in [1.165, 1.54) is 0 Å². The summed E-state index contributed by atoms with van der Waals surface area (Å²) in [6.45, 7) is 8.73. The molecule has 2 aromatic rings. The molecule has 0 saturated carbocycles. The maximum absolute atomic E-state index is 12.7. The number of benzene rings is 2. The van der Waals surface area contributed by atoms with Gasteiger partial charge in [-0.1, -0.05) is 101 Å². The van der Waals surface area contributed by atoms with Crippen LogP contribution in [0.5, 0.6) is 0 Å². The Bertz CT molecular complexity index is 620. The van der Waals surface area contributed by atoms with Gasteiger partial charge in [0, 0.05) is 6.42 Å². The van der Waals surface area contributed by atoms with Crippen molar-refractivity contribution in [1.29, 1.82) is 0 Å². The van der Waals surface area contributed by atoms with Gasteiger partial charge in [-0.05, 0) is 21.8 Å². The quantitative estimate of drug-likeness (QED) is 0.533. The van der Waals surface area contributed by atoms with Gasteiger partial charge in [0.15, 0.2) is 0 Å². The minimum atomic E-state index is -2.72. The second-order valence-corrected chi connectivity index (χ2v) is 11.8. The van der Waals surface area contributed by atoms with Gasteiger partial charge >= 0.3 is 8.32 Å². The van der Waals surface area contributed by atoms with Gasteiger partial charge in [-0.3, -0.25) is 4.79 Å². The standard InChI is InChI=1S/C22H30O2Si/c1-5-6-9-18-21(23)24-25(22(2,3)4,19-14-10-7-11-15-19)20-16-12-8-13-17-20/h7-8,10-17H,5-6,9,18H2,1-4H3. The SMILES string of the molecule is CCCCCC(=O)O[Si](c1ccccc1)(c1ccccc1)C(C)(C)C. The molecule has 0 N–H and O–H groups in total. The summed E-state index contributed by atoms with van der Waals surface area (Å²) < 4.78 is 6.42. The molecule has 2 nitrogen and oxygen atoms in total. The highest BCUT2D eigenvalue weighted by molar-refractivity contribution is 7.00. The smallest absolute Gasteiger partial charge is 0.323 e. The molecule has 2 rings (SSSR count). The highest BCUT2D eigenvalue weighted by Gasteiger charge is 2.52. The number of carbonyl (C=O) groups is 1. The molecule has 0 heterocycles. The topological polar surface area (TPSA) is 26.3 Å². The largest absolute Gasteiger partial charge is 0.510 e. The molecule has 0 aliphatic carbocycles. The molecule has 3 heteroatoms. The Morgan fingerprint density at radius 3 is 1.76 bits per heavy atom. The molecular formula is C22H30O2Si. The average molecular weight is 355 g/mol. The molecule has 2 aromatic carbocycles. The Morgan fingerprint density at radius 2 is 1.36 bits per heavy atom. The van der Waals surface area contributed by atoms with Crippen LogP contribution in [-0.4, -0.2) is 14.3 Å². The summed E-state index contributed by atoms with van der Waals surface area (Å²) in [7, 11) is -2.72. The van der Waals surface area contributed by atoms with E-state index < -0.39 is 8.32 Å². The van der Waals surface area contributed by atoms with Crippen LogP contribution in [0.4, 0.5) is 0 Å². The second-order valence-electron chi connectivity index (χ2n) is 7.59. The fraction of sp³-hybridized carbons (Fsp3) is 0.409. The molecule has 0 fully saturated rings. The zero-order valence-corrected chi connectivity index (χ0v) is 16.9. The lowest BCUT2D eigenvalue weighted by Crippen LogP contribution is -2.67. The third kappa shape index (κ3) is 4.40. The van der Waals surface area contributed by atoms with Gasteiger partial charge in [0.2, 0.25) is 0 Å². The van der Waals surface area contributed by atoms with Crippen molar-refractivity contribution in [2.24, 2.45) is 0 Å². The van der Waals surface area contributed by atoms with Gasteiger partial charge in [-0.25, -0.2) is 0 Å². The molecule has 0 bridgehead atoms. The Morgan fingerprint density at radius 1 is 0.880 bits per heavy atom. The summed E-state index contributed by atoms with van der Waals surface area (Å²) in [6.07, 6.45) is 3.56. The molecule has 0 radical (unpaired) electrons. The van der Waals surface area contributed by atoms with Crippen LogP contribution in [0.15, 0.2) is 60.7 Å². The summed E-state index contributed by atoms with van der Waals surface area (Å²) in [5.74, 6) is -0.0669. The first-order valence-electron chi connectivity index (χ1n) is 9.24. The van der Waals surface area contributed by atoms with E-state index in [9.17, 15) is 4.79 Å². The van der Waals surface area contributed by atoms with E-state index in [0.29, 0.717) is 6.42 Å². The fourth-order valence-corrected chi connectivity index (χ4v) is 7.77. The van der Waals surface area contributed by atoms with Gasteiger partial charge in [-0.2, -0.15) is 0 Å². The summed E-state index contributed by atoms with van der Waals surface area (Å²) >= 11 is 0. The van der Waals surface area contributed by atoms with E-state index in [0.717, 1.165) is 29.6 Å². The van der Waals surface area contributed by atoms with Crippen LogP contribution in [0.3, 0.4) is 0 Å². The van der Waals surface area contributed by atoms with E-state index in [1.807, 2.05) is 36.4 Å². The Hall–Kier alpha value is -1.87. The summed E-state index contributed by atoms with van der Waals surface area (Å²) in [4.78, 5) is 12.7. The van der Waals surface area contributed by atoms with Gasteiger partial charge < -0.3 is 4.43 Å². The van der Waals surface area contributed by atoms with Crippen molar-refractivity contribution in [3.05, 3.63) is 60.7 Å². The van der Waals surface area contributed by atoms with Crippen molar-refractivity contribution in [2.45, 2.75) is 58.4 Å². The lowest BCUT2D eigenvalue weighted by Gasteiger charge is -2.42. The number of rotatable bonds is 7. The third-order valence-electron chi connectivity index (χ3n) is 4.67. The average Bonchev–Trinajstić information content (AvgIpc) is 2.60. The van der Waals surface area contributed by atoms with E-state index in [2.05, 4.69) is 52.0 Å². The van der Waals surface area contributed by atoms with Crippen LogP contribution in [-0.2, 0) is 9.22 Å². The first-order valence-corrected chi connectivity index (χ1v) is 11.2. The maximum Gasteiger partial charge on any atom is 0.323 e. The molecule has 0 aliphatic rings. The fourth-order valence-electron chi connectivity index (χ4n) is 3.39. The zero-order valence-electron chi connectivity index (χ0n) is 15.9. The van der Waals surface area contributed by atoms with Crippen LogP contribution >= 0.6 is 0 Å². The maximum atomic E-state index is 12.7. The number of carbonyl (C=O) groups excluding carboxylic acids is 1. The molecule has 0 atom stereocenters. The van der Waals surface area contributed by atoms with E-state index in [4.69, 9.17) is 4.43 Å². The second kappa shape index (κ2) is 8.48. The first-order chi connectivity index (χ1) is 11.9. The molecular weight excluding hydrogens is 324 g/mol. The summed E-state index contributed by atoms with van der Waals surface area (Å²) in [5.41, 5.74) is 0. The number of hydrogen-bond acceptors (Lipinski definition) is 2. The van der Waals surface area contributed by atoms with Crippen molar-refractivity contribution in [2.75, 3.05) is 0 Å². The predicted molar refractivity (Wildman–Crippen MR) is 108 cm³/mol. The molecule has 0 aromatic heterocycles. The number of unbranched alkanes of at least 4 members (excludes halogenated alkanes) is 2. The van der Waals surface area contributed by atoms with Gasteiger partial charge in [0.05, 0.1) is 0 Å². The molecule has 25 heavy (non-hydrogen) atoms. The van der Waals surface area contributed by atoms with Crippen molar-refractivity contribution < 1.29 is 9.22 Å². The van der Waals surface area contributed by atoms with E-state index >= 15 is 0 Å². The highest BCUT2D eigenvalue weighted by atomic mass is 28.4. The van der Waals surface area contributed by atoms with Crippen LogP contribution in [0, 0.1) is 0 Å². The van der Waals surface area contributed by atoms with Crippen LogP contribution in [0.1, 0.15) is 53.4 Å². The molecule has 0 unspecified atom stereocenters. The summed E-state index contributed by atoms with van der Waals surface area (Å²) in [5, 5.41) is 2.14. The number of hydrogen-bond donors (Lipinski definition) is 0. The zero-order chi connectivity index (χ0) is 18.3. The third-order valence-corrected chi connectivity index (χ3v) is 9.61. The minimum Gasteiger partial charge on any atom is -0.510 e.